The molecule has 0 spiro atoms. The second kappa shape index (κ2) is 5.43. The number of rotatable bonds is 5. The van der Waals surface area contributed by atoms with Gasteiger partial charge in [-0.25, -0.2) is 9.97 Å². The Morgan fingerprint density at radius 1 is 1.33 bits per heavy atom. The Labute approximate surface area is 114 Å². The molecule has 100 valence electrons. The average molecular weight is 268 g/mol. The minimum atomic E-state index is 0.439. The van der Waals surface area contributed by atoms with Gasteiger partial charge in [0.2, 0.25) is 0 Å². The van der Waals surface area contributed by atoms with Crippen molar-refractivity contribution in [1.29, 1.82) is 0 Å². The predicted octanol–water partition coefficient (Wildman–Crippen LogP) is 3.99. The van der Waals surface area contributed by atoms with Crippen LogP contribution in [0.4, 0.5) is 5.82 Å². The third kappa shape index (κ3) is 2.94. The van der Waals surface area contributed by atoms with Gasteiger partial charge < -0.3 is 5.32 Å². The van der Waals surface area contributed by atoms with E-state index >= 15 is 0 Å². The molecule has 1 aromatic rings. The van der Waals surface area contributed by atoms with Crippen LogP contribution in [0.1, 0.15) is 50.9 Å². The van der Waals surface area contributed by atoms with E-state index < -0.39 is 0 Å². The highest BCUT2D eigenvalue weighted by Gasteiger charge is 2.31. The fourth-order valence-corrected chi connectivity index (χ4v) is 2.48. The molecule has 2 rings (SSSR count). The number of aromatic nitrogens is 2. The highest BCUT2D eigenvalue weighted by molar-refractivity contribution is 6.30. The van der Waals surface area contributed by atoms with Crippen LogP contribution < -0.4 is 5.32 Å². The number of anilines is 1. The van der Waals surface area contributed by atoms with Crippen molar-refractivity contribution in [1.82, 2.24) is 9.97 Å². The molecule has 1 saturated carbocycles. The normalized spacial score (nSPS) is 17.3. The maximum atomic E-state index is 6.16. The molecule has 1 aromatic heterocycles. The van der Waals surface area contributed by atoms with Crippen molar-refractivity contribution in [2.24, 2.45) is 5.41 Å². The quantitative estimate of drug-likeness (QED) is 0.820. The Morgan fingerprint density at radius 3 is 2.61 bits per heavy atom. The zero-order valence-corrected chi connectivity index (χ0v) is 12.3. The minimum absolute atomic E-state index is 0.439. The Bertz CT molecular complexity index is 427. The Hall–Kier alpha value is -0.830. The van der Waals surface area contributed by atoms with E-state index in [-0.39, 0.29) is 0 Å². The van der Waals surface area contributed by atoms with Crippen molar-refractivity contribution < 1.29 is 0 Å². The molecule has 1 fully saturated rings. The lowest BCUT2D eigenvalue weighted by Crippen LogP contribution is -2.33. The van der Waals surface area contributed by atoms with Gasteiger partial charge in [0, 0.05) is 18.5 Å². The van der Waals surface area contributed by atoms with Crippen LogP contribution in [0.3, 0.4) is 0 Å². The zero-order valence-electron chi connectivity index (χ0n) is 11.5. The molecule has 3 nitrogen and oxygen atoms in total. The molecular formula is C14H22ClN3. The Morgan fingerprint density at radius 2 is 2.06 bits per heavy atom. The molecule has 0 atom stereocenters. The number of nitrogens with one attached hydrogen (secondary N) is 1. The fourth-order valence-electron chi connectivity index (χ4n) is 2.29. The SMILES string of the molecule is CCCc1nc(Cl)c(C)c(NCC2(C)CCC2)n1. The number of hydrogen-bond acceptors (Lipinski definition) is 3. The van der Waals surface area contributed by atoms with E-state index in [2.05, 4.69) is 29.1 Å². The number of halogens is 1. The molecule has 1 aliphatic carbocycles. The highest BCUT2D eigenvalue weighted by atomic mass is 35.5. The van der Waals surface area contributed by atoms with Gasteiger partial charge in [0.05, 0.1) is 0 Å². The molecule has 1 N–H and O–H groups in total. The third-order valence-corrected chi connectivity index (χ3v) is 4.22. The van der Waals surface area contributed by atoms with Gasteiger partial charge in [0.1, 0.15) is 16.8 Å². The molecule has 1 heterocycles. The van der Waals surface area contributed by atoms with Crippen LogP contribution in [-0.4, -0.2) is 16.5 Å². The summed E-state index contributed by atoms with van der Waals surface area (Å²) in [5.41, 5.74) is 1.40. The third-order valence-electron chi connectivity index (χ3n) is 3.85. The van der Waals surface area contributed by atoms with Gasteiger partial charge in [-0.2, -0.15) is 0 Å². The van der Waals surface area contributed by atoms with Gasteiger partial charge >= 0.3 is 0 Å². The van der Waals surface area contributed by atoms with E-state index in [1.165, 1.54) is 19.3 Å². The Balaban J connectivity index is 2.10. The van der Waals surface area contributed by atoms with Gasteiger partial charge in [-0.3, -0.25) is 0 Å². The van der Waals surface area contributed by atoms with Gasteiger partial charge in [-0.05, 0) is 31.6 Å². The smallest absolute Gasteiger partial charge is 0.137 e. The van der Waals surface area contributed by atoms with Crippen molar-refractivity contribution >= 4 is 17.4 Å². The largest absolute Gasteiger partial charge is 0.369 e. The molecule has 0 saturated heterocycles. The van der Waals surface area contributed by atoms with Gasteiger partial charge in [-0.15, -0.1) is 0 Å². The number of nitrogens with zero attached hydrogens (tertiary/aromatic N) is 2. The summed E-state index contributed by atoms with van der Waals surface area (Å²) >= 11 is 6.16. The lowest BCUT2D eigenvalue weighted by molar-refractivity contribution is 0.179. The molecule has 0 aromatic carbocycles. The molecule has 0 aliphatic heterocycles. The van der Waals surface area contributed by atoms with Crippen molar-refractivity contribution in [3.8, 4) is 0 Å². The molecule has 18 heavy (non-hydrogen) atoms. The first kappa shape index (κ1) is 13.6. The van der Waals surface area contributed by atoms with Crippen LogP contribution in [0, 0.1) is 12.3 Å². The summed E-state index contributed by atoms with van der Waals surface area (Å²) in [5, 5.41) is 4.04. The van der Waals surface area contributed by atoms with Crippen molar-refractivity contribution in [3.05, 3.63) is 16.5 Å². The van der Waals surface area contributed by atoms with Crippen LogP contribution in [0.15, 0.2) is 0 Å². The first-order valence-electron chi connectivity index (χ1n) is 6.81. The molecular weight excluding hydrogens is 246 g/mol. The predicted molar refractivity (Wildman–Crippen MR) is 76.2 cm³/mol. The van der Waals surface area contributed by atoms with Crippen LogP contribution >= 0.6 is 11.6 Å². The maximum absolute atomic E-state index is 6.16. The zero-order chi connectivity index (χ0) is 13.2. The summed E-state index contributed by atoms with van der Waals surface area (Å²) in [5.74, 6) is 1.75. The molecule has 1 aliphatic rings. The topological polar surface area (TPSA) is 37.8 Å². The average Bonchev–Trinajstić information content (AvgIpc) is 2.30. The second-order valence-corrected chi connectivity index (χ2v) is 6.03. The monoisotopic (exact) mass is 267 g/mol. The van der Waals surface area contributed by atoms with E-state index in [4.69, 9.17) is 11.6 Å². The lowest BCUT2D eigenvalue weighted by Gasteiger charge is -2.38. The van der Waals surface area contributed by atoms with Crippen molar-refractivity contribution in [2.45, 2.75) is 52.9 Å². The van der Waals surface area contributed by atoms with Crippen molar-refractivity contribution in [3.63, 3.8) is 0 Å². The lowest BCUT2D eigenvalue weighted by atomic mass is 9.70. The van der Waals surface area contributed by atoms with Crippen LogP contribution in [0.2, 0.25) is 5.15 Å². The summed E-state index contributed by atoms with van der Waals surface area (Å²) in [6, 6.07) is 0. The highest BCUT2D eigenvalue weighted by Crippen LogP contribution is 2.40. The standard InChI is InChI=1S/C14H22ClN3/c1-4-6-11-17-12(15)10(2)13(18-11)16-9-14(3)7-5-8-14/h4-9H2,1-3H3,(H,16,17,18). The molecule has 0 amide bonds. The number of hydrogen-bond donors (Lipinski definition) is 1. The summed E-state index contributed by atoms with van der Waals surface area (Å²) in [4.78, 5) is 8.89. The van der Waals surface area contributed by atoms with E-state index in [1.807, 2.05) is 6.92 Å². The summed E-state index contributed by atoms with van der Waals surface area (Å²) in [6.07, 6.45) is 5.88. The summed E-state index contributed by atoms with van der Waals surface area (Å²) in [7, 11) is 0. The molecule has 4 heteroatoms. The molecule has 0 bridgehead atoms. The van der Waals surface area contributed by atoms with E-state index in [9.17, 15) is 0 Å². The van der Waals surface area contributed by atoms with Crippen LogP contribution in [0.5, 0.6) is 0 Å². The minimum Gasteiger partial charge on any atom is -0.369 e. The van der Waals surface area contributed by atoms with E-state index in [0.29, 0.717) is 10.6 Å². The summed E-state index contributed by atoms with van der Waals surface area (Å²) in [6.45, 7) is 7.41. The van der Waals surface area contributed by atoms with E-state index in [0.717, 1.165) is 36.6 Å². The number of aryl methyl sites for hydroxylation is 1. The Kier molecular flexibility index (Phi) is 4.10. The molecule has 0 unspecified atom stereocenters. The van der Waals surface area contributed by atoms with E-state index in [1.54, 1.807) is 0 Å². The fraction of sp³-hybridized carbons (Fsp3) is 0.714. The summed E-state index contributed by atoms with van der Waals surface area (Å²) < 4.78 is 0. The van der Waals surface area contributed by atoms with Crippen LogP contribution in [-0.2, 0) is 6.42 Å². The van der Waals surface area contributed by atoms with Gasteiger partial charge in [-0.1, -0.05) is 31.9 Å². The van der Waals surface area contributed by atoms with Crippen molar-refractivity contribution in [2.75, 3.05) is 11.9 Å². The van der Waals surface area contributed by atoms with Crippen LogP contribution in [0.25, 0.3) is 0 Å². The first-order chi connectivity index (χ1) is 8.54. The maximum Gasteiger partial charge on any atom is 0.137 e. The first-order valence-corrected chi connectivity index (χ1v) is 7.19. The van der Waals surface area contributed by atoms with Gasteiger partial charge in [0.25, 0.3) is 0 Å². The second-order valence-electron chi connectivity index (χ2n) is 5.67. The molecule has 0 radical (unpaired) electrons. The van der Waals surface area contributed by atoms with Gasteiger partial charge in [0.15, 0.2) is 0 Å².